The molecule has 0 bridgehead atoms. The lowest BCUT2D eigenvalue weighted by Gasteiger charge is -2.36. The Labute approximate surface area is 130 Å². The van der Waals surface area contributed by atoms with E-state index in [-0.39, 0.29) is 16.2 Å². The highest BCUT2D eigenvalue weighted by Crippen LogP contribution is 2.37. The summed E-state index contributed by atoms with van der Waals surface area (Å²) in [6.45, 7) is 5.02. The number of thiophene rings is 1. The SMILES string of the molecule is CC1(C)CN(S(=O)(=O)c2cc(CO)sc2Br)CCS1. The lowest BCUT2D eigenvalue weighted by molar-refractivity contribution is 0.285. The van der Waals surface area contributed by atoms with E-state index in [0.29, 0.717) is 21.8 Å². The van der Waals surface area contributed by atoms with E-state index in [2.05, 4.69) is 29.8 Å². The molecule has 0 unspecified atom stereocenters. The third-order valence-electron chi connectivity index (χ3n) is 2.87. The fourth-order valence-electron chi connectivity index (χ4n) is 1.97. The van der Waals surface area contributed by atoms with Gasteiger partial charge in [0.05, 0.1) is 10.4 Å². The molecule has 0 aliphatic carbocycles. The summed E-state index contributed by atoms with van der Waals surface area (Å²) in [7, 11) is -3.48. The fourth-order valence-corrected chi connectivity index (χ4v) is 7.37. The van der Waals surface area contributed by atoms with Gasteiger partial charge in [0.25, 0.3) is 0 Å². The zero-order valence-corrected chi connectivity index (χ0v) is 14.8. The van der Waals surface area contributed by atoms with E-state index in [9.17, 15) is 8.42 Å². The summed E-state index contributed by atoms with van der Waals surface area (Å²) < 4.78 is 27.3. The molecule has 1 aliphatic heterocycles. The Hall–Kier alpha value is 0.400. The Bertz CT molecular complexity index is 568. The summed E-state index contributed by atoms with van der Waals surface area (Å²) in [5.74, 6) is 0.806. The van der Waals surface area contributed by atoms with E-state index in [0.717, 1.165) is 5.75 Å². The van der Waals surface area contributed by atoms with Crippen LogP contribution in [0.4, 0.5) is 0 Å². The number of hydrogen-bond donors (Lipinski definition) is 1. The zero-order valence-electron chi connectivity index (χ0n) is 10.7. The van der Waals surface area contributed by atoms with Crippen LogP contribution in [0.2, 0.25) is 0 Å². The van der Waals surface area contributed by atoms with Gasteiger partial charge in [-0.15, -0.1) is 11.3 Å². The topological polar surface area (TPSA) is 57.6 Å². The van der Waals surface area contributed by atoms with Crippen molar-refractivity contribution in [3.05, 3.63) is 14.7 Å². The van der Waals surface area contributed by atoms with Gasteiger partial charge in [-0.1, -0.05) is 0 Å². The second-order valence-electron chi connectivity index (χ2n) is 4.96. The molecule has 1 saturated heterocycles. The summed E-state index contributed by atoms with van der Waals surface area (Å²) >= 11 is 6.34. The minimum absolute atomic E-state index is 0.0619. The van der Waals surface area contributed by atoms with Gasteiger partial charge in [0.1, 0.15) is 4.90 Å². The van der Waals surface area contributed by atoms with Gasteiger partial charge < -0.3 is 5.11 Å². The predicted octanol–water partition coefficient (Wildman–Crippen LogP) is 2.52. The molecule has 0 aromatic carbocycles. The van der Waals surface area contributed by atoms with Gasteiger partial charge in [-0.2, -0.15) is 16.1 Å². The molecule has 1 aromatic heterocycles. The van der Waals surface area contributed by atoms with Gasteiger partial charge in [-0.05, 0) is 35.8 Å². The number of hydrogen-bond acceptors (Lipinski definition) is 5. The highest BCUT2D eigenvalue weighted by Gasteiger charge is 2.36. The maximum Gasteiger partial charge on any atom is 0.245 e. The average molecular weight is 386 g/mol. The third-order valence-corrected chi connectivity index (χ3v) is 8.25. The number of aliphatic hydroxyl groups excluding tert-OH is 1. The number of aliphatic hydroxyl groups is 1. The molecule has 1 fully saturated rings. The first kappa shape index (κ1) is 15.8. The Morgan fingerprint density at radius 1 is 1.53 bits per heavy atom. The molecular weight excluding hydrogens is 370 g/mol. The van der Waals surface area contributed by atoms with Crippen LogP contribution in [0, 0.1) is 0 Å². The Kier molecular flexibility index (Phi) is 4.69. The Morgan fingerprint density at radius 2 is 2.21 bits per heavy atom. The standard InChI is InChI=1S/C11H16BrNO3S3/c1-11(2)7-13(3-4-17-11)19(15,16)9-5-8(6-14)18-10(9)12/h5,14H,3-4,6-7H2,1-2H3. The molecule has 0 amide bonds. The molecule has 2 rings (SSSR count). The molecule has 1 aliphatic rings. The first-order valence-electron chi connectivity index (χ1n) is 5.79. The predicted molar refractivity (Wildman–Crippen MR) is 83.2 cm³/mol. The average Bonchev–Trinajstić information content (AvgIpc) is 2.70. The van der Waals surface area contributed by atoms with Crippen molar-refractivity contribution in [2.24, 2.45) is 0 Å². The van der Waals surface area contributed by atoms with Crippen LogP contribution < -0.4 is 0 Å². The lowest BCUT2D eigenvalue weighted by atomic mass is 10.2. The number of thioether (sulfide) groups is 1. The minimum atomic E-state index is -3.48. The quantitative estimate of drug-likeness (QED) is 0.868. The van der Waals surface area contributed by atoms with Gasteiger partial charge in [0.15, 0.2) is 0 Å². The Morgan fingerprint density at radius 3 is 2.74 bits per heavy atom. The van der Waals surface area contributed by atoms with Crippen molar-refractivity contribution in [3.63, 3.8) is 0 Å². The zero-order chi connectivity index (χ0) is 14.3. The maximum atomic E-state index is 12.6. The van der Waals surface area contributed by atoms with E-state index in [1.165, 1.54) is 15.6 Å². The van der Waals surface area contributed by atoms with Crippen LogP contribution in [0.25, 0.3) is 0 Å². The number of halogens is 1. The van der Waals surface area contributed by atoms with Gasteiger partial charge in [0, 0.05) is 28.5 Å². The third kappa shape index (κ3) is 3.36. The molecule has 0 spiro atoms. The highest BCUT2D eigenvalue weighted by atomic mass is 79.9. The van der Waals surface area contributed by atoms with E-state index < -0.39 is 10.0 Å². The molecule has 0 radical (unpaired) electrons. The fraction of sp³-hybridized carbons (Fsp3) is 0.636. The molecular formula is C11H16BrNO3S3. The first-order valence-corrected chi connectivity index (χ1v) is 9.83. The van der Waals surface area contributed by atoms with E-state index in [1.807, 2.05) is 0 Å². The number of sulfonamides is 1. The van der Waals surface area contributed by atoms with Crippen molar-refractivity contribution in [3.8, 4) is 0 Å². The van der Waals surface area contributed by atoms with Gasteiger partial charge >= 0.3 is 0 Å². The second kappa shape index (κ2) is 5.65. The second-order valence-corrected chi connectivity index (χ2v) is 11.1. The minimum Gasteiger partial charge on any atom is -0.391 e. The van der Waals surface area contributed by atoms with Crippen molar-refractivity contribution in [2.45, 2.75) is 30.1 Å². The molecule has 108 valence electrons. The van der Waals surface area contributed by atoms with Crippen LogP contribution in [0.15, 0.2) is 14.7 Å². The summed E-state index contributed by atoms with van der Waals surface area (Å²) in [6, 6.07) is 1.55. The van der Waals surface area contributed by atoms with Crippen LogP contribution in [0.1, 0.15) is 18.7 Å². The van der Waals surface area contributed by atoms with Crippen molar-refractivity contribution in [1.82, 2.24) is 4.31 Å². The number of rotatable bonds is 3. The van der Waals surface area contributed by atoms with Crippen LogP contribution in [0.3, 0.4) is 0 Å². The largest absolute Gasteiger partial charge is 0.391 e. The molecule has 4 nitrogen and oxygen atoms in total. The van der Waals surface area contributed by atoms with E-state index >= 15 is 0 Å². The molecule has 1 aromatic rings. The smallest absolute Gasteiger partial charge is 0.245 e. The van der Waals surface area contributed by atoms with Crippen LogP contribution in [-0.4, -0.2) is 41.4 Å². The van der Waals surface area contributed by atoms with Crippen LogP contribution in [-0.2, 0) is 16.6 Å². The maximum absolute atomic E-state index is 12.6. The summed E-state index contributed by atoms with van der Waals surface area (Å²) in [4.78, 5) is 0.917. The molecule has 19 heavy (non-hydrogen) atoms. The molecule has 0 atom stereocenters. The molecule has 0 saturated carbocycles. The van der Waals surface area contributed by atoms with Gasteiger partial charge in [-0.25, -0.2) is 8.42 Å². The Balaban J connectivity index is 2.34. The molecule has 1 N–H and O–H groups in total. The first-order chi connectivity index (χ1) is 8.76. The molecule has 2 heterocycles. The normalized spacial score (nSPS) is 20.6. The summed E-state index contributed by atoms with van der Waals surface area (Å²) in [5.41, 5.74) is 0. The highest BCUT2D eigenvalue weighted by molar-refractivity contribution is 9.11. The monoisotopic (exact) mass is 385 g/mol. The van der Waals surface area contributed by atoms with Crippen LogP contribution in [0.5, 0.6) is 0 Å². The van der Waals surface area contributed by atoms with Crippen molar-refractivity contribution in [2.75, 3.05) is 18.8 Å². The van der Waals surface area contributed by atoms with Crippen molar-refractivity contribution in [1.29, 1.82) is 0 Å². The van der Waals surface area contributed by atoms with E-state index in [4.69, 9.17) is 5.11 Å². The van der Waals surface area contributed by atoms with Crippen LogP contribution >= 0.6 is 39.0 Å². The lowest BCUT2D eigenvalue weighted by Crippen LogP contribution is -2.46. The van der Waals surface area contributed by atoms with Crippen molar-refractivity contribution >= 4 is 49.1 Å². The van der Waals surface area contributed by atoms with E-state index in [1.54, 1.807) is 17.8 Å². The van der Waals surface area contributed by atoms with Crippen molar-refractivity contribution < 1.29 is 13.5 Å². The number of nitrogens with zero attached hydrogens (tertiary/aromatic N) is 1. The molecule has 8 heteroatoms. The summed E-state index contributed by atoms with van der Waals surface area (Å²) in [6.07, 6.45) is 0. The van der Waals surface area contributed by atoms with Gasteiger partial charge in [0.2, 0.25) is 10.0 Å². The van der Waals surface area contributed by atoms with Gasteiger partial charge in [-0.3, -0.25) is 0 Å². The summed E-state index contributed by atoms with van der Waals surface area (Å²) in [5, 5.41) is 9.11.